The smallest absolute Gasteiger partial charge is 0.330 e. The highest BCUT2D eigenvalue weighted by molar-refractivity contribution is 5.81. The minimum absolute atomic E-state index is 0.340. The lowest BCUT2D eigenvalue weighted by Crippen LogP contribution is -2.28. The maximum atomic E-state index is 11.1. The third-order valence-electron chi connectivity index (χ3n) is 3.93. The summed E-state index contributed by atoms with van der Waals surface area (Å²) in [6.07, 6.45) is 8.67. The van der Waals surface area contributed by atoms with Crippen LogP contribution in [0.3, 0.4) is 0 Å². The van der Waals surface area contributed by atoms with Gasteiger partial charge in [0.05, 0.1) is 19.8 Å². The largest absolute Gasteiger partial charge is 0.462 e. The predicted octanol–water partition coefficient (Wildman–Crippen LogP) is 2.36. The zero-order valence-electron chi connectivity index (χ0n) is 10.6. The molecule has 4 atom stereocenters. The zero-order chi connectivity index (χ0) is 13.0. The van der Waals surface area contributed by atoms with Crippen LogP contribution in [0, 0.1) is 23.7 Å². The van der Waals surface area contributed by atoms with Gasteiger partial charge in [-0.25, -0.2) is 4.79 Å². The number of ether oxygens (including phenoxy) is 2. The van der Waals surface area contributed by atoms with Crippen LogP contribution in [-0.2, 0) is 14.3 Å². The van der Waals surface area contributed by atoms with Crippen LogP contribution in [0.15, 0.2) is 37.5 Å². The van der Waals surface area contributed by atoms with Crippen molar-refractivity contribution in [2.45, 2.75) is 6.42 Å². The molecule has 0 aliphatic heterocycles. The Morgan fingerprint density at radius 3 is 2.50 bits per heavy atom. The van der Waals surface area contributed by atoms with Gasteiger partial charge in [0.1, 0.15) is 0 Å². The van der Waals surface area contributed by atoms with Crippen LogP contribution >= 0.6 is 0 Å². The van der Waals surface area contributed by atoms with Gasteiger partial charge >= 0.3 is 5.97 Å². The van der Waals surface area contributed by atoms with Gasteiger partial charge in [-0.3, -0.25) is 0 Å². The monoisotopic (exact) mass is 248 g/mol. The number of hydrogen-bond donors (Lipinski definition) is 0. The van der Waals surface area contributed by atoms with Gasteiger partial charge in [-0.15, -0.1) is 6.58 Å². The van der Waals surface area contributed by atoms with E-state index in [9.17, 15) is 4.79 Å². The van der Waals surface area contributed by atoms with E-state index in [0.29, 0.717) is 43.5 Å². The Labute approximate surface area is 108 Å². The average Bonchev–Trinajstić information content (AvgIpc) is 2.97. The molecule has 0 saturated heterocycles. The van der Waals surface area contributed by atoms with Crippen LogP contribution < -0.4 is 0 Å². The van der Waals surface area contributed by atoms with E-state index in [1.807, 2.05) is 0 Å². The first kappa shape index (κ1) is 13.1. The molecule has 3 heteroatoms. The second kappa shape index (κ2) is 6.01. The van der Waals surface area contributed by atoms with Crippen LogP contribution in [0.5, 0.6) is 0 Å². The minimum atomic E-state index is -0.340. The number of hydrogen-bond acceptors (Lipinski definition) is 3. The number of carbonyl (C=O) groups is 1. The van der Waals surface area contributed by atoms with Gasteiger partial charge in [0, 0.05) is 12.0 Å². The van der Waals surface area contributed by atoms with Crippen molar-refractivity contribution in [3.63, 3.8) is 0 Å². The van der Waals surface area contributed by atoms with Crippen molar-refractivity contribution in [1.29, 1.82) is 0 Å². The van der Waals surface area contributed by atoms with Gasteiger partial charge in [-0.2, -0.15) is 0 Å². The Bertz CT molecular complexity index is 359. The van der Waals surface area contributed by atoms with Gasteiger partial charge < -0.3 is 9.47 Å². The topological polar surface area (TPSA) is 35.5 Å². The predicted molar refractivity (Wildman–Crippen MR) is 69.9 cm³/mol. The molecule has 98 valence electrons. The fourth-order valence-corrected chi connectivity index (χ4v) is 3.05. The summed E-state index contributed by atoms with van der Waals surface area (Å²) in [6.45, 7) is 8.82. The van der Waals surface area contributed by atoms with Crippen molar-refractivity contribution in [1.82, 2.24) is 0 Å². The van der Waals surface area contributed by atoms with Crippen molar-refractivity contribution >= 4 is 5.97 Å². The van der Waals surface area contributed by atoms with Gasteiger partial charge in [0.15, 0.2) is 0 Å². The number of esters is 1. The van der Waals surface area contributed by atoms with E-state index in [1.165, 1.54) is 12.5 Å². The number of allylic oxidation sites excluding steroid dienone is 2. The van der Waals surface area contributed by atoms with Gasteiger partial charge in [0.25, 0.3) is 0 Å². The summed E-state index contributed by atoms with van der Waals surface area (Å²) in [5, 5.41) is 0. The Hall–Kier alpha value is -1.35. The first-order valence-electron chi connectivity index (χ1n) is 6.42. The highest BCUT2D eigenvalue weighted by atomic mass is 16.5. The van der Waals surface area contributed by atoms with E-state index < -0.39 is 0 Å². The number of carbonyl (C=O) groups excluding carboxylic acids is 1. The molecular weight excluding hydrogens is 228 g/mol. The van der Waals surface area contributed by atoms with Crippen LogP contribution in [0.25, 0.3) is 0 Å². The van der Waals surface area contributed by atoms with Crippen LogP contribution in [-0.4, -0.2) is 25.8 Å². The normalized spacial score (nSPS) is 32.4. The first-order chi connectivity index (χ1) is 8.76. The number of rotatable bonds is 7. The molecule has 1 fully saturated rings. The van der Waals surface area contributed by atoms with E-state index in [2.05, 4.69) is 25.3 Å². The Morgan fingerprint density at radius 2 is 1.89 bits per heavy atom. The van der Waals surface area contributed by atoms with E-state index >= 15 is 0 Å². The maximum absolute atomic E-state index is 11.1. The molecule has 2 aliphatic carbocycles. The van der Waals surface area contributed by atoms with Crippen LogP contribution in [0.2, 0.25) is 0 Å². The molecular formula is C15H20O3. The van der Waals surface area contributed by atoms with Crippen molar-refractivity contribution in [3.8, 4) is 0 Å². The zero-order valence-corrected chi connectivity index (χ0v) is 10.6. The van der Waals surface area contributed by atoms with Gasteiger partial charge in [0.2, 0.25) is 0 Å². The highest BCUT2D eigenvalue weighted by Gasteiger charge is 2.44. The maximum Gasteiger partial charge on any atom is 0.330 e. The van der Waals surface area contributed by atoms with E-state index in [0.717, 1.165) is 0 Å². The van der Waals surface area contributed by atoms with Crippen LogP contribution in [0.1, 0.15) is 6.42 Å². The van der Waals surface area contributed by atoms with Crippen molar-refractivity contribution in [3.05, 3.63) is 37.5 Å². The molecule has 0 aromatic heterocycles. The van der Waals surface area contributed by atoms with Crippen molar-refractivity contribution < 1.29 is 14.3 Å². The molecule has 0 spiro atoms. The molecule has 0 amide bonds. The van der Waals surface area contributed by atoms with E-state index in [1.54, 1.807) is 6.08 Å². The lowest BCUT2D eigenvalue weighted by molar-refractivity contribution is -0.140. The summed E-state index contributed by atoms with van der Waals surface area (Å²) in [4.78, 5) is 11.1. The lowest BCUT2D eigenvalue weighted by atomic mass is 9.84. The molecule has 0 heterocycles. The fraction of sp³-hybridized carbons (Fsp3) is 0.533. The molecule has 0 aromatic rings. The Balaban J connectivity index is 1.89. The third kappa shape index (κ3) is 2.72. The van der Waals surface area contributed by atoms with Crippen molar-refractivity contribution in [2.75, 3.05) is 19.8 Å². The second-order valence-electron chi connectivity index (χ2n) is 4.94. The van der Waals surface area contributed by atoms with Crippen molar-refractivity contribution in [2.24, 2.45) is 23.7 Å². The standard InChI is InChI=1S/C15H20O3/c1-3-7-17-9-13-11-5-6-12(8-11)14(13)10-18-15(16)4-2/h3-6,11-14H,1-2,7-10H2/t11-,12+,13?,14?/m0/s1. The molecule has 0 aromatic carbocycles. The Kier molecular flexibility index (Phi) is 4.37. The molecule has 2 unspecified atom stereocenters. The summed E-state index contributed by atoms with van der Waals surface area (Å²) in [5.41, 5.74) is 0. The summed E-state index contributed by atoms with van der Waals surface area (Å²) in [7, 11) is 0. The quantitative estimate of drug-likeness (QED) is 0.300. The summed E-state index contributed by atoms with van der Waals surface area (Å²) in [6, 6.07) is 0. The third-order valence-corrected chi connectivity index (χ3v) is 3.93. The summed E-state index contributed by atoms with van der Waals surface area (Å²) in [5.74, 6) is 1.61. The number of fused-ring (bicyclic) bond motifs is 2. The molecule has 2 aliphatic rings. The van der Waals surface area contributed by atoms with Gasteiger partial charge in [-0.1, -0.05) is 24.8 Å². The fourth-order valence-electron chi connectivity index (χ4n) is 3.05. The summed E-state index contributed by atoms with van der Waals surface area (Å²) < 4.78 is 10.8. The Morgan fingerprint density at radius 1 is 1.22 bits per heavy atom. The minimum Gasteiger partial charge on any atom is -0.462 e. The lowest BCUT2D eigenvalue weighted by Gasteiger charge is -2.27. The van der Waals surface area contributed by atoms with E-state index in [-0.39, 0.29) is 5.97 Å². The van der Waals surface area contributed by atoms with Crippen LogP contribution in [0.4, 0.5) is 0 Å². The second-order valence-corrected chi connectivity index (χ2v) is 4.94. The average molecular weight is 248 g/mol. The van der Waals surface area contributed by atoms with E-state index in [4.69, 9.17) is 9.47 Å². The highest BCUT2D eigenvalue weighted by Crippen LogP contribution is 2.48. The molecule has 3 nitrogen and oxygen atoms in total. The first-order valence-corrected chi connectivity index (χ1v) is 6.42. The van der Waals surface area contributed by atoms with Gasteiger partial charge in [-0.05, 0) is 24.2 Å². The molecule has 2 bridgehead atoms. The SMILES string of the molecule is C=CCOCC1C(COC(=O)C=C)[C@@H]2C=C[C@H]1C2. The molecule has 18 heavy (non-hydrogen) atoms. The molecule has 0 N–H and O–H groups in total. The summed E-state index contributed by atoms with van der Waals surface area (Å²) >= 11 is 0. The molecule has 2 rings (SSSR count). The molecule has 1 saturated carbocycles. The molecule has 0 radical (unpaired) electrons.